The zero-order valence-corrected chi connectivity index (χ0v) is 15.6. The van der Waals surface area contributed by atoms with Crippen LogP contribution >= 0.6 is 11.3 Å². The molecular formula is C19H21N3O3S. The first-order chi connectivity index (χ1) is 12.5. The van der Waals surface area contributed by atoms with Gasteiger partial charge in [-0.25, -0.2) is 4.98 Å². The molecule has 0 spiro atoms. The molecule has 2 heterocycles. The summed E-state index contributed by atoms with van der Waals surface area (Å²) < 4.78 is 6.25. The molecule has 0 aliphatic heterocycles. The van der Waals surface area contributed by atoms with E-state index in [-0.39, 0.29) is 17.9 Å². The average molecular weight is 371 g/mol. The van der Waals surface area contributed by atoms with Crippen molar-refractivity contribution in [3.63, 3.8) is 0 Å². The van der Waals surface area contributed by atoms with E-state index in [0.29, 0.717) is 24.4 Å². The van der Waals surface area contributed by atoms with Crippen molar-refractivity contribution < 1.29 is 14.0 Å². The van der Waals surface area contributed by atoms with Crippen LogP contribution in [-0.2, 0) is 22.4 Å². The molecule has 0 fully saturated rings. The second-order valence-electron chi connectivity index (χ2n) is 6.15. The van der Waals surface area contributed by atoms with Gasteiger partial charge in [0.2, 0.25) is 11.8 Å². The van der Waals surface area contributed by atoms with Gasteiger partial charge in [-0.1, -0.05) is 24.3 Å². The number of benzene rings is 1. The average Bonchev–Trinajstić information content (AvgIpc) is 3.23. The summed E-state index contributed by atoms with van der Waals surface area (Å²) in [5, 5.41) is 6.34. The highest BCUT2D eigenvalue weighted by Gasteiger charge is 2.12. The van der Waals surface area contributed by atoms with E-state index in [1.165, 1.54) is 11.3 Å². The van der Waals surface area contributed by atoms with Gasteiger partial charge in [0, 0.05) is 18.9 Å². The van der Waals surface area contributed by atoms with Gasteiger partial charge in [0.05, 0.1) is 22.9 Å². The minimum Gasteiger partial charge on any atom is -0.469 e. The number of rotatable bonds is 7. The summed E-state index contributed by atoms with van der Waals surface area (Å²) >= 11 is 1.41. The second-order valence-corrected chi connectivity index (χ2v) is 7.18. The number of nitrogens with one attached hydrogen (secondary N) is 2. The van der Waals surface area contributed by atoms with Gasteiger partial charge in [-0.2, -0.15) is 0 Å². The highest BCUT2D eigenvalue weighted by molar-refractivity contribution is 7.22. The van der Waals surface area contributed by atoms with Gasteiger partial charge < -0.3 is 15.1 Å². The van der Waals surface area contributed by atoms with Crippen molar-refractivity contribution in [1.82, 2.24) is 10.3 Å². The molecule has 0 aliphatic rings. The normalized spacial score (nSPS) is 12.1. The number of thiazole rings is 1. The highest BCUT2D eigenvalue weighted by Crippen LogP contribution is 2.27. The number of anilines is 1. The Morgan fingerprint density at radius 1 is 1.27 bits per heavy atom. The molecule has 3 aromatic rings. The van der Waals surface area contributed by atoms with Gasteiger partial charge in [-0.15, -0.1) is 0 Å². The Bertz CT molecular complexity index is 902. The third-order valence-electron chi connectivity index (χ3n) is 3.88. The van der Waals surface area contributed by atoms with E-state index < -0.39 is 0 Å². The molecule has 3 rings (SSSR count). The third kappa shape index (κ3) is 4.70. The van der Waals surface area contributed by atoms with Crippen LogP contribution in [0.5, 0.6) is 0 Å². The first-order valence-electron chi connectivity index (χ1n) is 8.54. The summed E-state index contributed by atoms with van der Waals surface area (Å²) in [7, 11) is 0. The summed E-state index contributed by atoms with van der Waals surface area (Å²) in [4.78, 5) is 28.1. The zero-order valence-electron chi connectivity index (χ0n) is 14.7. The maximum absolute atomic E-state index is 12.3. The molecule has 7 heteroatoms. The van der Waals surface area contributed by atoms with Crippen molar-refractivity contribution in [2.24, 2.45) is 0 Å². The molecule has 2 amide bonds. The predicted octanol–water partition coefficient (Wildman–Crippen LogP) is 3.53. The van der Waals surface area contributed by atoms with Crippen LogP contribution in [0, 0.1) is 0 Å². The fourth-order valence-electron chi connectivity index (χ4n) is 2.63. The predicted molar refractivity (Wildman–Crippen MR) is 102 cm³/mol. The first-order valence-corrected chi connectivity index (χ1v) is 9.36. The van der Waals surface area contributed by atoms with Gasteiger partial charge in [-0.3, -0.25) is 9.59 Å². The molecule has 136 valence electrons. The van der Waals surface area contributed by atoms with E-state index in [1.807, 2.05) is 37.3 Å². The van der Waals surface area contributed by atoms with Gasteiger partial charge in [-0.05, 0) is 36.8 Å². The van der Waals surface area contributed by atoms with Crippen LogP contribution in [0.3, 0.4) is 0 Å². The van der Waals surface area contributed by atoms with E-state index in [0.717, 1.165) is 21.5 Å². The lowest BCUT2D eigenvalue weighted by molar-refractivity contribution is -0.121. The minimum atomic E-state index is -0.0609. The highest BCUT2D eigenvalue weighted by atomic mass is 32.1. The molecule has 2 aromatic heterocycles. The maximum atomic E-state index is 12.3. The van der Waals surface area contributed by atoms with Gasteiger partial charge in [0.25, 0.3) is 0 Å². The first kappa shape index (κ1) is 18.1. The SMILES string of the molecule is CCC(=O)Nc1nc2ccc(CC(=O)N[C@@H](C)Cc3ccco3)cc2s1. The van der Waals surface area contributed by atoms with E-state index in [1.54, 1.807) is 13.2 Å². The molecule has 1 atom stereocenters. The third-order valence-corrected chi connectivity index (χ3v) is 4.81. The zero-order chi connectivity index (χ0) is 18.5. The molecule has 2 N–H and O–H groups in total. The van der Waals surface area contributed by atoms with Crippen molar-refractivity contribution in [2.45, 2.75) is 39.2 Å². The Morgan fingerprint density at radius 3 is 2.85 bits per heavy atom. The van der Waals surface area contributed by atoms with Crippen LogP contribution in [0.2, 0.25) is 0 Å². The van der Waals surface area contributed by atoms with Crippen LogP contribution in [0.25, 0.3) is 10.2 Å². The molecule has 6 nitrogen and oxygen atoms in total. The number of carbonyl (C=O) groups excluding carboxylic acids is 2. The fourth-order valence-corrected chi connectivity index (χ4v) is 3.58. The Hall–Kier alpha value is -2.67. The Kier molecular flexibility index (Phi) is 5.68. The molecule has 0 radical (unpaired) electrons. The standard InChI is InChI=1S/C19H21N3O3S/c1-3-17(23)22-19-21-15-7-6-13(10-16(15)26-19)11-18(24)20-12(2)9-14-5-4-8-25-14/h4-8,10,12H,3,9,11H2,1-2H3,(H,20,24)(H,21,22,23)/t12-/m0/s1. The quantitative estimate of drug-likeness (QED) is 0.665. The monoisotopic (exact) mass is 371 g/mol. The number of furan rings is 1. The second kappa shape index (κ2) is 8.14. The molecule has 0 saturated carbocycles. The Balaban J connectivity index is 1.60. The summed E-state index contributed by atoms with van der Waals surface area (Å²) in [5.41, 5.74) is 1.73. The Labute approximate surface area is 155 Å². The van der Waals surface area contributed by atoms with Gasteiger partial charge in [0.15, 0.2) is 5.13 Å². The molecule has 0 unspecified atom stereocenters. The van der Waals surface area contributed by atoms with E-state index in [4.69, 9.17) is 4.42 Å². The maximum Gasteiger partial charge on any atom is 0.225 e. The Morgan fingerprint density at radius 2 is 2.12 bits per heavy atom. The van der Waals surface area contributed by atoms with E-state index in [2.05, 4.69) is 15.6 Å². The van der Waals surface area contributed by atoms with Gasteiger partial charge >= 0.3 is 0 Å². The van der Waals surface area contributed by atoms with Crippen molar-refractivity contribution in [3.05, 3.63) is 47.9 Å². The number of amides is 2. The summed E-state index contributed by atoms with van der Waals surface area (Å²) in [6.07, 6.45) is 3.00. The van der Waals surface area contributed by atoms with Crippen molar-refractivity contribution in [3.8, 4) is 0 Å². The van der Waals surface area contributed by atoms with Crippen LogP contribution in [0.1, 0.15) is 31.6 Å². The molecular weight excluding hydrogens is 350 g/mol. The number of aromatic nitrogens is 1. The smallest absolute Gasteiger partial charge is 0.225 e. The van der Waals surface area contributed by atoms with Crippen LogP contribution in [-0.4, -0.2) is 22.8 Å². The number of hydrogen-bond donors (Lipinski definition) is 2. The lowest BCUT2D eigenvalue weighted by atomic mass is 10.1. The van der Waals surface area contributed by atoms with Crippen LogP contribution < -0.4 is 10.6 Å². The lowest BCUT2D eigenvalue weighted by Gasteiger charge is -2.12. The number of nitrogens with zero attached hydrogens (tertiary/aromatic N) is 1. The van der Waals surface area contributed by atoms with E-state index >= 15 is 0 Å². The van der Waals surface area contributed by atoms with Crippen molar-refractivity contribution >= 4 is 38.5 Å². The minimum absolute atomic E-state index is 0.00311. The largest absolute Gasteiger partial charge is 0.469 e. The summed E-state index contributed by atoms with van der Waals surface area (Å²) in [5.74, 6) is 0.757. The lowest BCUT2D eigenvalue weighted by Crippen LogP contribution is -2.35. The van der Waals surface area contributed by atoms with Crippen molar-refractivity contribution in [2.75, 3.05) is 5.32 Å². The molecule has 0 saturated heterocycles. The molecule has 1 aromatic carbocycles. The van der Waals surface area contributed by atoms with Crippen LogP contribution in [0.4, 0.5) is 5.13 Å². The number of fused-ring (bicyclic) bond motifs is 1. The molecule has 0 bridgehead atoms. The topological polar surface area (TPSA) is 84.2 Å². The van der Waals surface area contributed by atoms with E-state index in [9.17, 15) is 9.59 Å². The van der Waals surface area contributed by atoms with Crippen molar-refractivity contribution in [1.29, 1.82) is 0 Å². The van der Waals surface area contributed by atoms with Gasteiger partial charge in [0.1, 0.15) is 5.76 Å². The summed E-state index contributed by atoms with van der Waals surface area (Å²) in [6.45, 7) is 3.75. The molecule has 0 aliphatic carbocycles. The number of hydrogen-bond acceptors (Lipinski definition) is 5. The summed E-state index contributed by atoms with van der Waals surface area (Å²) in [6, 6.07) is 9.45. The fraction of sp³-hybridized carbons (Fsp3) is 0.316. The number of carbonyl (C=O) groups is 2. The van der Waals surface area contributed by atoms with Crippen LogP contribution in [0.15, 0.2) is 41.0 Å². The molecule has 26 heavy (non-hydrogen) atoms.